The average molecular weight is 519 g/mol. The minimum atomic E-state index is -1.72. The molecule has 0 amide bonds. The Hall–Kier alpha value is -4.13. The Morgan fingerprint density at radius 1 is 0.838 bits per heavy atom. The van der Waals surface area contributed by atoms with Crippen molar-refractivity contribution in [3.05, 3.63) is 29.8 Å². The van der Waals surface area contributed by atoms with E-state index < -0.39 is 66.5 Å². The van der Waals surface area contributed by atoms with Crippen molar-refractivity contribution in [1.29, 1.82) is 0 Å². The van der Waals surface area contributed by atoms with Gasteiger partial charge in [-0.1, -0.05) is 18.2 Å². The maximum Gasteiger partial charge on any atom is 0.360 e. The van der Waals surface area contributed by atoms with Gasteiger partial charge in [0.05, 0.1) is 0 Å². The van der Waals surface area contributed by atoms with Gasteiger partial charge in [-0.2, -0.15) is 0 Å². The lowest BCUT2D eigenvalue weighted by Crippen LogP contribution is -2.38. The van der Waals surface area contributed by atoms with Crippen LogP contribution in [0.3, 0.4) is 0 Å². The monoisotopic (exact) mass is 519 g/mol. The molecular formula is C24H25NO12. The molecule has 2 aliphatic heterocycles. The molecule has 2 fully saturated rings. The number of para-hydroxylation sites is 1. The van der Waals surface area contributed by atoms with Crippen LogP contribution in [-0.4, -0.2) is 66.5 Å². The van der Waals surface area contributed by atoms with Gasteiger partial charge >= 0.3 is 29.8 Å². The summed E-state index contributed by atoms with van der Waals surface area (Å²) in [5.74, 6) is -5.85. The van der Waals surface area contributed by atoms with Crippen LogP contribution in [0.2, 0.25) is 0 Å². The van der Waals surface area contributed by atoms with Gasteiger partial charge in [0.25, 0.3) is 12.2 Å². The maximum atomic E-state index is 12.5. The van der Waals surface area contributed by atoms with E-state index in [2.05, 4.69) is 0 Å². The SMILES string of the molecule is NC(Cc1ccccc1OC(=O)C1OC(=O)CCCC1=O)C(=O)OCOC(=O)C1OC(=O)CCCC1=O. The van der Waals surface area contributed by atoms with Crippen LogP contribution in [0.4, 0.5) is 0 Å². The lowest BCUT2D eigenvalue weighted by Gasteiger charge is -2.17. The van der Waals surface area contributed by atoms with E-state index in [4.69, 9.17) is 29.4 Å². The Morgan fingerprint density at radius 2 is 1.41 bits per heavy atom. The van der Waals surface area contributed by atoms with Crippen LogP contribution >= 0.6 is 0 Å². The summed E-state index contributed by atoms with van der Waals surface area (Å²) in [5, 5.41) is 0. The number of ether oxygens (including phenoxy) is 5. The Balaban J connectivity index is 1.53. The molecular weight excluding hydrogens is 494 g/mol. The van der Waals surface area contributed by atoms with Crippen molar-refractivity contribution in [2.24, 2.45) is 5.73 Å². The highest BCUT2D eigenvalue weighted by atomic mass is 16.7. The highest BCUT2D eigenvalue weighted by Gasteiger charge is 2.36. The fourth-order valence-corrected chi connectivity index (χ4v) is 3.53. The van der Waals surface area contributed by atoms with Gasteiger partial charge < -0.3 is 29.4 Å². The van der Waals surface area contributed by atoms with Crippen molar-refractivity contribution < 1.29 is 57.2 Å². The first-order chi connectivity index (χ1) is 17.7. The molecule has 0 aliphatic carbocycles. The van der Waals surface area contributed by atoms with Crippen molar-refractivity contribution in [1.82, 2.24) is 0 Å². The third-order valence-corrected chi connectivity index (χ3v) is 5.45. The van der Waals surface area contributed by atoms with Crippen LogP contribution in [0.15, 0.2) is 24.3 Å². The second kappa shape index (κ2) is 12.7. The summed E-state index contributed by atoms with van der Waals surface area (Å²) >= 11 is 0. The molecule has 1 aromatic carbocycles. The van der Waals surface area contributed by atoms with Crippen LogP contribution in [0.25, 0.3) is 0 Å². The molecule has 3 unspecified atom stereocenters. The highest BCUT2D eigenvalue weighted by Crippen LogP contribution is 2.22. The minimum Gasteiger partial charge on any atom is -0.442 e. The van der Waals surface area contributed by atoms with Crippen LogP contribution in [0.5, 0.6) is 5.75 Å². The zero-order valence-electron chi connectivity index (χ0n) is 19.7. The van der Waals surface area contributed by atoms with Crippen molar-refractivity contribution in [3.63, 3.8) is 0 Å². The molecule has 2 saturated heterocycles. The van der Waals surface area contributed by atoms with Crippen molar-refractivity contribution in [2.75, 3.05) is 6.79 Å². The summed E-state index contributed by atoms with van der Waals surface area (Å²) < 4.78 is 24.5. The summed E-state index contributed by atoms with van der Waals surface area (Å²) in [5.41, 5.74) is 6.18. The summed E-state index contributed by atoms with van der Waals surface area (Å²) in [6.45, 7) is -0.876. The molecule has 0 radical (unpaired) electrons. The zero-order valence-corrected chi connectivity index (χ0v) is 19.7. The molecule has 0 aromatic heterocycles. The Labute approximate surface area is 210 Å². The van der Waals surface area contributed by atoms with Crippen LogP contribution in [0, 0.1) is 0 Å². The van der Waals surface area contributed by atoms with E-state index in [9.17, 15) is 33.6 Å². The average Bonchev–Trinajstić information content (AvgIpc) is 3.14. The first-order valence-corrected chi connectivity index (χ1v) is 11.5. The van der Waals surface area contributed by atoms with Crippen molar-refractivity contribution in [2.45, 2.75) is 63.2 Å². The molecule has 198 valence electrons. The Bertz CT molecular complexity index is 1100. The number of nitrogens with two attached hydrogens (primary N) is 1. The first-order valence-electron chi connectivity index (χ1n) is 11.5. The lowest BCUT2D eigenvalue weighted by atomic mass is 10.1. The van der Waals surface area contributed by atoms with Crippen molar-refractivity contribution in [3.8, 4) is 5.75 Å². The summed E-state index contributed by atoms with van der Waals surface area (Å²) in [6.07, 6.45) is -3.08. The van der Waals surface area contributed by atoms with Crippen molar-refractivity contribution >= 4 is 41.4 Å². The van der Waals surface area contributed by atoms with Gasteiger partial charge in [-0.3, -0.25) is 24.0 Å². The van der Waals surface area contributed by atoms with Gasteiger partial charge in [-0.25, -0.2) is 9.59 Å². The first kappa shape index (κ1) is 27.5. The second-order valence-electron chi connectivity index (χ2n) is 8.26. The predicted octanol–water partition coefficient (Wildman–Crippen LogP) is -0.165. The molecule has 3 atom stereocenters. The lowest BCUT2D eigenvalue weighted by molar-refractivity contribution is -0.181. The number of rotatable bonds is 8. The van der Waals surface area contributed by atoms with Gasteiger partial charge in [0.15, 0.2) is 11.6 Å². The van der Waals surface area contributed by atoms with Gasteiger partial charge in [0, 0.05) is 32.1 Å². The summed E-state index contributed by atoms with van der Waals surface area (Å²) in [6, 6.07) is 4.77. The molecule has 2 heterocycles. The van der Waals surface area contributed by atoms with Gasteiger partial charge in [0.1, 0.15) is 11.8 Å². The van der Waals surface area contributed by atoms with E-state index in [0.29, 0.717) is 5.56 Å². The molecule has 37 heavy (non-hydrogen) atoms. The van der Waals surface area contributed by atoms with E-state index in [1.807, 2.05) is 0 Å². The number of cyclic esters (lactones) is 2. The number of benzene rings is 1. The maximum absolute atomic E-state index is 12.5. The van der Waals surface area contributed by atoms with E-state index in [-0.39, 0.29) is 50.7 Å². The van der Waals surface area contributed by atoms with E-state index in [0.717, 1.165) is 0 Å². The van der Waals surface area contributed by atoms with E-state index in [1.54, 1.807) is 6.07 Å². The third-order valence-electron chi connectivity index (χ3n) is 5.45. The third kappa shape index (κ3) is 7.67. The Kier molecular flexibility index (Phi) is 9.44. The number of ketones is 2. The second-order valence-corrected chi connectivity index (χ2v) is 8.26. The number of Topliss-reactive ketones (excluding diaryl/α,β-unsaturated/α-hetero) is 2. The van der Waals surface area contributed by atoms with Gasteiger partial charge in [0.2, 0.25) is 6.79 Å². The number of hydrogen-bond donors (Lipinski definition) is 1. The van der Waals surface area contributed by atoms with Crippen LogP contribution in [-0.2, 0) is 58.9 Å². The number of esters is 5. The van der Waals surface area contributed by atoms with Gasteiger partial charge in [-0.05, 0) is 24.5 Å². The van der Waals surface area contributed by atoms with E-state index >= 15 is 0 Å². The van der Waals surface area contributed by atoms with Gasteiger partial charge in [-0.15, -0.1) is 0 Å². The molecule has 2 N–H and O–H groups in total. The fourth-order valence-electron chi connectivity index (χ4n) is 3.53. The van der Waals surface area contributed by atoms with Crippen LogP contribution < -0.4 is 10.5 Å². The molecule has 3 rings (SSSR count). The van der Waals surface area contributed by atoms with Crippen LogP contribution in [0.1, 0.15) is 44.1 Å². The molecule has 0 bridgehead atoms. The highest BCUT2D eigenvalue weighted by molar-refractivity contribution is 6.05. The minimum absolute atomic E-state index is 0.00173. The summed E-state index contributed by atoms with van der Waals surface area (Å²) in [7, 11) is 0. The normalized spacial score (nSPS) is 21.0. The molecule has 0 saturated carbocycles. The molecule has 2 aliphatic rings. The topological polar surface area (TPSA) is 192 Å². The number of carbonyl (C=O) groups excluding carboxylic acids is 7. The quantitative estimate of drug-likeness (QED) is 0.157. The number of carbonyl (C=O) groups is 7. The molecule has 13 heteroatoms. The largest absolute Gasteiger partial charge is 0.442 e. The number of hydrogen-bond acceptors (Lipinski definition) is 13. The summed E-state index contributed by atoms with van der Waals surface area (Å²) in [4.78, 5) is 83.9. The molecule has 13 nitrogen and oxygen atoms in total. The van der Waals surface area contributed by atoms with E-state index in [1.165, 1.54) is 18.2 Å². The molecule has 1 aromatic rings. The molecule has 0 spiro atoms. The predicted molar refractivity (Wildman–Crippen MR) is 118 cm³/mol. The Morgan fingerprint density at radius 3 is 2.03 bits per heavy atom. The standard InChI is InChI=1S/C24H25NO12/c25-14(22(30)33-12-34-23(31)20-15(26)6-3-9-18(28)36-20)11-13-5-1-2-8-17(13)35-24(32)21-16(27)7-4-10-19(29)37-21/h1-2,5,8,14,20-21H,3-4,6-7,9-12,25H2. The zero-order chi connectivity index (χ0) is 26.9. The smallest absolute Gasteiger partial charge is 0.360 e. The fraction of sp³-hybridized carbons (Fsp3) is 0.458.